The SMILES string of the molecule is COC1(OC(C)=O)C=CC=C(C[C@H](NC(C)=O)C(=O)O)C1. The summed E-state index contributed by atoms with van der Waals surface area (Å²) in [7, 11) is 1.40. The number of carboxylic acids is 1. The van der Waals surface area contributed by atoms with E-state index in [0.29, 0.717) is 5.57 Å². The van der Waals surface area contributed by atoms with Crippen LogP contribution in [0.1, 0.15) is 26.7 Å². The van der Waals surface area contributed by atoms with E-state index in [1.165, 1.54) is 21.0 Å². The Morgan fingerprint density at radius 2 is 2.10 bits per heavy atom. The minimum atomic E-state index is -1.23. The minimum absolute atomic E-state index is 0.103. The highest BCUT2D eigenvalue weighted by Gasteiger charge is 2.34. The average Bonchev–Trinajstić information content (AvgIpc) is 2.37. The molecule has 1 amide bonds. The largest absolute Gasteiger partial charge is 0.480 e. The van der Waals surface area contributed by atoms with Crippen LogP contribution < -0.4 is 5.32 Å². The first-order chi connectivity index (χ1) is 9.78. The van der Waals surface area contributed by atoms with E-state index in [1.54, 1.807) is 18.2 Å². The molecule has 0 fully saturated rings. The lowest BCUT2D eigenvalue weighted by Gasteiger charge is -2.32. The number of methoxy groups -OCH3 is 1. The van der Waals surface area contributed by atoms with Crippen molar-refractivity contribution in [1.82, 2.24) is 5.32 Å². The lowest BCUT2D eigenvalue weighted by molar-refractivity contribution is -0.198. The highest BCUT2D eigenvalue weighted by molar-refractivity contribution is 5.82. The molecule has 7 nitrogen and oxygen atoms in total. The van der Waals surface area contributed by atoms with Crippen molar-refractivity contribution in [2.75, 3.05) is 7.11 Å². The number of hydrogen-bond acceptors (Lipinski definition) is 5. The predicted molar refractivity (Wildman–Crippen MR) is 73.2 cm³/mol. The van der Waals surface area contributed by atoms with Crippen molar-refractivity contribution in [3.05, 3.63) is 23.8 Å². The Kier molecular flexibility index (Phi) is 5.66. The van der Waals surface area contributed by atoms with E-state index in [0.717, 1.165) is 0 Å². The van der Waals surface area contributed by atoms with Gasteiger partial charge in [-0.3, -0.25) is 9.59 Å². The molecular weight excluding hydrogens is 278 g/mol. The first-order valence-corrected chi connectivity index (χ1v) is 6.40. The third kappa shape index (κ3) is 5.03. The molecule has 0 saturated carbocycles. The summed E-state index contributed by atoms with van der Waals surface area (Å²) in [5, 5.41) is 11.5. The maximum absolute atomic E-state index is 11.2. The molecule has 0 aromatic heterocycles. The molecule has 0 aromatic rings. The number of amides is 1. The molecule has 1 aliphatic rings. The number of aliphatic carboxylic acids is 1. The number of allylic oxidation sites excluding steroid dienone is 2. The van der Waals surface area contributed by atoms with Gasteiger partial charge in [-0.1, -0.05) is 17.7 Å². The fraction of sp³-hybridized carbons (Fsp3) is 0.500. The maximum Gasteiger partial charge on any atom is 0.326 e. The Morgan fingerprint density at radius 3 is 2.57 bits per heavy atom. The number of carbonyl (C=O) groups excluding carboxylic acids is 2. The highest BCUT2D eigenvalue weighted by Crippen LogP contribution is 2.30. The highest BCUT2D eigenvalue weighted by atomic mass is 16.7. The quantitative estimate of drug-likeness (QED) is 0.554. The van der Waals surface area contributed by atoms with Crippen LogP contribution in [-0.2, 0) is 23.9 Å². The second-order valence-electron chi connectivity index (χ2n) is 4.77. The van der Waals surface area contributed by atoms with Crippen LogP contribution in [0.2, 0.25) is 0 Å². The van der Waals surface area contributed by atoms with Crippen molar-refractivity contribution in [1.29, 1.82) is 0 Å². The van der Waals surface area contributed by atoms with Crippen molar-refractivity contribution in [2.45, 2.75) is 38.5 Å². The van der Waals surface area contributed by atoms with Crippen LogP contribution in [-0.4, -0.2) is 41.9 Å². The van der Waals surface area contributed by atoms with Gasteiger partial charge in [-0.15, -0.1) is 0 Å². The molecule has 1 unspecified atom stereocenters. The van der Waals surface area contributed by atoms with Crippen molar-refractivity contribution < 1.29 is 29.0 Å². The van der Waals surface area contributed by atoms with Crippen molar-refractivity contribution >= 4 is 17.8 Å². The van der Waals surface area contributed by atoms with Gasteiger partial charge in [0.1, 0.15) is 6.04 Å². The topological polar surface area (TPSA) is 102 Å². The lowest BCUT2D eigenvalue weighted by atomic mass is 9.93. The van der Waals surface area contributed by atoms with Crippen LogP contribution in [0.4, 0.5) is 0 Å². The van der Waals surface area contributed by atoms with E-state index in [-0.39, 0.29) is 12.8 Å². The van der Waals surface area contributed by atoms with Crippen LogP contribution >= 0.6 is 0 Å². The molecule has 2 N–H and O–H groups in total. The number of nitrogens with one attached hydrogen (secondary N) is 1. The molecule has 0 aromatic carbocycles. The Labute approximate surface area is 122 Å². The number of hydrogen-bond donors (Lipinski definition) is 2. The third-order valence-corrected chi connectivity index (χ3v) is 2.96. The van der Waals surface area contributed by atoms with Crippen molar-refractivity contribution in [3.63, 3.8) is 0 Å². The Bertz CT molecular complexity index is 496. The number of carbonyl (C=O) groups is 3. The first-order valence-electron chi connectivity index (χ1n) is 6.40. The zero-order valence-electron chi connectivity index (χ0n) is 12.2. The summed E-state index contributed by atoms with van der Waals surface area (Å²) in [6.45, 7) is 2.52. The van der Waals surface area contributed by atoms with Crippen LogP contribution in [0, 0.1) is 0 Å². The van der Waals surface area contributed by atoms with E-state index >= 15 is 0 Å². The molecule has 0 spiro atoms. The second kappa shape index (κ2) is 7.03. The van der Waals surface area contributed by atoms with Crippen LogP contribution in [0.5, 0.6) is 0 Å². The molecule has 0 saturated heterocycles. The standard InChI is InChI=1S/C14H19NO6/c1-9(16)15-12(13(18)19)7-11-5-4-6-14(8-11,20-3)21-10(2)17/h4-6,12H,7-8H2,1-3H3,(H,15,16)(H,18,19)/t12-,14?/m0/s1. The maximum atomic E-state index is 11.2. The molecule has 0 bridgehead atoms. The molecule has 21 heavy (non-hydrogen) atoms. The van der Waals surface area contributed by atoms with Gasteiger partial charge < -0.3 is 19.9 Å². The van der Waals surface area contributed by atoms with Crippen LogP contribution in [0.3, 0.4) is 0 Å². The van der Waals surface area contributed by atoms with Gasteiger partial charge >= 0.3 is 11.9 Å². The van der Waals surface area contributed by atoms with Gasteiger partial charge in [-0.05, 0) is 12.5 Å². The summed E-state index contributed by atoms with van der Waals surface area (Å²) >= 11 is 0. The van der Waals surface area contributed by atoms with Crippen molar-refractivity contribution in [3.8, 4) is 0 Å². The van der Waals surface area contributed by atoms with E-state index in [2.05, 4.69) is 5.32 Å². The number of esters is 1. The Hall–Kier alpha value is -2.15. The van der Waals surface area contributed by atoms with Gasteiger partial charge in [0.15, 0.2) is 0 Å². The third-order valence-electron chi connectivity index (χ3n) is 2.96. The number of carboxylic acid groups (broad SMARTS) is 1. The first kappa shape index (κ1) is 16.9. The number of ether oxygens (including phenoxy) is 2. The van der Waals surface area contributed by atoms with E-state index in [9.17, 15) is 14.4 Å². The fourth-order valence-electron chi connectivity index (χ4n) is 2.11. The van der Waals surface area contributed by atoms with Gasteiger partial charge in [0, 0.05) is 27.4 Å². The second-order valence-corrected chi connectivity index (χ2v) is 4.77. The lowest BCUT2D eigenvalue weighted by Crippen LogP contribution is -2.41. The zero-order valence-corrected chi connectivity index (χ0v) is 12.2. The summed E-state index contributed by atoms with van der Waals surface area (Å²) in [6.07, 6.45) is 5.26. The summed E-state index contributed by atoms with van der Waals surface area (Å²) in [4.78, 5) is 33.3. The van der Waals surface area contributed by atoms with Crippen LogP contribution in [0.15, 0.2) is 23.8 Å². The molecule has 1 rings (SSSR count). The van der Waals surface area contributed by atoms with E-state index < -0.39 is 29.7 Å². The van der Waals surface area contributed by atoms with Crippen molar-refractivity contribution in [2.24, 2.45) is 0 Å². The van der Waals surface area contributed by atoms with Gasteiger partial charge in [0.2, 0.25) is 11.7 Å². The zero-order chi connectivity index (χ0) is 16.0. The summed E-state index contributed by atoms with van der Waals surface area (Å²) < 4.78 is 10.4. The van der Waals surface area contributed by atoms with Gasteiger partial charge in [-0.2, -0.15) is 0 Å². The molecule has 116 valence electrons. The molecule has 0 radical (unpaired) electrons. The molecule has 0 heterocycles. The Morgan fingerprint density at radius 1 is 1.43 bits per heavy atom. The smallest absolute Gasteiger partial charge is 0.326 e. The minimum Gasteiger partial charge on any atom is -0.480 e. The molecular formula is C14H19NO6. The van der Waals surface area contributed by atoms with Gasteiger partial charge in [0.25, 0.3) is 0 Å². The van der Waals surface area contributed by atoms with Gasteiger partial charge in [-0.25, -0.2) is 4.79 Å². The predicted octanol–water partition coefficient (Wildman–Crippen LogP) is 0.758. The molecule has 0 aliphatic heterocycles. The summed E-state index contributed by atoms with van der Waals surface area (Å²) in [5.41, 5.74) is 0.696. The monoisotopic (exact) mass is 297 g/mol. The average molecular weight is 297 g/mol. The van der Waals surface area contributed by atoms with E-state index in [1.807, 2.05) is 0 Å². The molecule has 7 heteroatoms. The molecule has 2 atom stereocenters. The normalized spacial score (nSPS) is 22.1. The van der Waals surface area contributed by atoms with E-state index in [4.69, 9.17) is 14.6 Å². The summed E-state index contributed by atoms with van der Waals surface area (Å²) in [6, 6.07) is -1.04. The summed E-state index contributed by atoms with van der Waals surface area (Å²) in [5.74, 6) is -3.28. The number of rotatable bonds is 6. The fourth-order valence-corrected chi connectivity index (χ4v) is 2.11. The Balaban J connectivity index is 2.82. The van der Waals surface area contributed by atoms with Gasteiger partial charge in [0.05, 0.1) is 0 Å². The van der Waals surface area contributed by atoms with Crippen LogP contribution in [0.25, 0.3) is 0 Å². The molecule has 1 aliphatic carbocycles.